The number of aryl methyl sites for hydroxylation is 1. The molecule has 33 heavy (non-hydrogen) atoms. The summed E-state index contributed by atoms with van der Waals surface area (Å²) in [6.45, 7) is 8.71. The quantitative estimate of drug-likeness (QED) is 0.467. The highest BCUT2D eigenvalue weighted by Crippen LogP contribution is 2.17. The summed E-state index contributed by atoms with van der Waals surface area (Å²) >= 11 is 1.80. The van der Waals surface area contributed by atoms with E-state index >= 15 is 0 Å². The van der Waals surface area contributed by atoms with Crippen molar-refractivity contribution < 1.29 is 9.53 Å². The van der Waals surface area contributed by atoms with Gasteiger partial charge in [-0.15, -0.1) is 11.3 Å². The zero-order chi connectivity index (χ0) is 23.0. The number of carbonyl (C=O) groups is 1. The van der Waals surface area contributed by atoms with Gasteiger partial charge in [0.25, 0.3) is 5.91 Å². The van der Waals surface area contributed by atoms with Crippen molar-refractivity contribution in [3.63, 3.8) is 0 Å². The number of benzene rings is 2. The molecule has 2 heterocycles. The molecule has 1 saturated heterocycles. The summed E-state index contributed by atoms with van der Waals surface area (Å²) in [5.74, 6) is 1.05. The highest BCUT2D eigenvalue weighted by molar-refractivity contribution is 7.09. The molecular formula is C27H33N3O2S. The van der Waals surface area contributed by atoms with Crippen LogP contribution in [0, 0.1) is 6.92 Å². The Morgan fingerprint density at radius 2 is 1.79 bits per heavy atom. The molecule has 5 nitrogen and oxygen atoms in total. The van der Waals surface area contributed by atoms with Gasteiger partial charge in [-0.3, -0.25) is 14.6 Å². The highest BCUT2D eigenvalue weighted by Gasteiger charge is 2.21. The Hall–Kier alpha value is -2.67. The second kappa shape index (κ2) is 11.5. The van der Waals surface area contributed by atoms with E-state index in [4.69, 9.17) is 4.74 Å². The molecule has 0 bridgehead atoms. The average Bonchev–Trinajstić information content (AvgIpc) is 3.33. The minimum absolute atomic E-state index is 0.131. The predicted molar refractivity (Wildman–Crippen MR) is 135 cm³/mol. The first kappa shape index (κ1) is 23.5. The van der Waals surface area contributed by atoms with Gasteiger partial charge in [0.1, 0.15) is 12.4 Å². The Morgan fingerprint density at radius 3 is 2.52 bits per heavy atom. The molecule has 1 aliphatic rings. The maximum atomic E-state index is 12.7. The minimum Gasteiger partial charge on any atom is -0.492 e. The van der Waals surface area contributed by atoms with E-state index in [-0.39, 0.29) is 5.91 Å². The van der Waals surface area contributed by atoms with Crippen LogP contribution in [0.15, 0.2) is 66.0 Å². The summed E-state index contributed by atoms with van der Waals surface area (Å²) in [5, 5.41) is 2.12. The molecule has 3 aromatic rings. The lowest BCUT2D eigenvalue weighted by atomic mass is 10.1. The molecule has 1 fully saturated rings. The molecular weight excluding hydrogens is 430 g/mol. The molecule has 0 atom stereocenters. The smallest absolute Gasteiger partial charge is 0.253 e. The van der Waals surface area contributed by atoms with Gasteiger partial charge in [-0.2, -0.15) is 0 Å². The third-order valence-electron chi connectivity index (χ3n) is 5.99. The predicted octanol–water partition coefficient (Wildman–Crippen LogP) is 4.53. The number of ether oxygens (including phenoxy) is 1. The van der Waals surface area contributed by atoms with E-state index in [0.717, 1.165) is 57.1 Å². The Morgan fingerprint density at radius 1 is 1.00 bits per heavy atom. The Bertz CT molecular complexity index is 1010. The van der Waals surface area contributed by atoms with Gasteiger partial charge < -0.3 is 9.64 Å². The largest absolute Gasteiger partial charge is 0.492 e. The number of carbonyl (C=O) groups excluding carboxylic acids is 1. The molecule has 6 heteroatoms. The maximum Gasteiger partial charge on any atom is 0.253 e. The third kappa shape index (κ3) is 6.90. The van der Waals surface area contributed by atoms with Crippen molar-refractivity contribution in [3.8, 4) is 5.75 Å². The third-order valence-corrected chi connectivity index (χ3v) is 6.85. The lowest BCUT2D eigenvalue weighted by molar-refractivity contribution is 0.0620. The topological polar surface area (TPSA) is 36.0 Å². The fraction of sp³-hybridized carbons (Fsp3) is 0.370. The van der Waals surface area contributed by atoms with Crippen LogP contribution in [0.3, 0.4) is 0 Å². The fourth-order valence-corrected chi connectivity index (χ4v) is 4.90. The fourth-order valence-electron chi connectivity index (χ4n) is 4.12. The molecule has 0 spiro atoms. The average molecular weight is 464 g/mol. The second-order valence-electron chi connectivity index (χ2n) is 8.75. The van der Waals surface area contributed by atoms with E-state index in [1.54, 1.807) is 11.3 Å². The molecule has 4 rings (SSSR count). The molecule has 0 saturated carbocycles. The van der Waals surface area contributed by atoms with Crippen LogP contribution in [-0.2, 0) is 13.1 Å². The van der Waals surface area contributed by atoms with Crippen LogP contribution >= 0.6 is 11.3 Å². The van der Waals surface area contributed by atoms with Crippen LogP contribution in [0.25, 0.3) is 0 Å². The first-order valence-corrected chi connectivity index (χ1v) is 12.5. The van der Waals surface area contributed by atoms with E-state index in [1.807, 2.05) is 42.2 Å². The number of thiophene rings is 1. The zero-order valence-electron chi connectivity index (χ0n) is 19.6. The van der Waals surface area contributed by atoms with Gasteiger partial charge in [-0.25, -0.2) is 0 Å². The lowest BCUT2D eigenvalue weighted by Crippen LogP contribution is -2.49. The monoisotopic (exact) mass is 463 g/mol. The Labute approximate surface area is 201 Å². The minimum atomic E-state index is 0.131. The molecule has 0 radical (unpaired) electrons. The van der Waals surface area contributed by atoms with Crippen LogP contribution in [0.1, 0.15) is 26.4 Å². The summed E-state index contributed by atoms with van der Waals surface area (Å²) in [7, 11) is 2.15. The first-order chi connectivity index (χ1) is 16.1. The molecule has 2 aromatic carbocycles. The van der Waals surface area contributed by atoms with Gasteiger partial charge in [0.05, 0.1) is 0 Å². The van der Waals surface area contributed by atoms with Crippen molar-refractivity contribution in [1.29, 1.82) is 0 Å². The Kier molecular flexibility index (Phi) is 8.15. The molecule has 0 N–H and O–H groups in total. The molecule has 1 aromatic heterocycles. The van der Waals surface area contributed by atoms with Crippen molar-refractivity contribution in [3.05, 3.63) is 87.6 Å². The van der Waals surface area contributed by atoms with Gasteiger partial charge in [0.15, 0.2) is 0 Å². The summed E-state index contributed by atoms with van der Waals surface area (Å²) in [6.07, 6.45) is 0. The number of hydrogen-bond donors (Lipinski definition) is 0. The van der Waals surface area contributed by atoms with Gasteiger partial charge >= 0.3 is 0 Å². The van der Waals surface area contributed by atoms with Crippen molar-refractivity contribution in [2.75, 3.05) is 46.4 Å². The van der Waals surface area contributed by atoms with E-state index in [9.17, 15) is 4.79 Å². The number of amides is 1. The van der Waals surface area contributed by atoms with Gasteiger partial charge in [0.2, 0.25) is 0 Å². The summed E-state index contributed by atoms with van der Waals surface area (Å²) in [5.41, 5.74) is 3.21. The first-order valence-electron chi connectivity index (χ1n) is 11.6. The van der Waals surface area contributed by atoms with E-state index in [1.165, 1.54) is 16.0 Å². The van der Waals surface area contributed by atoms with E-state index < -0.39 is 0 Å². The molecule has 0 aliphatic carbocycles. The number of hydrogen-bond acceptors (Lipinski definition) is 5. The number of piperazine rings is 1. The molecule has 1 aliphatic heterocycles. The second-order valence-corrected chi connectivity index (χ2v) is 9.78. The van der Waals surface area contributed by atoms with Crippen LogP contribution in [0.2, 0.25) is 0 Å². The molecule has 0 unspecified atom stereocenters. The van der Waals surface area contributed by atoms with Crippen LogP contribution < -0.4 is 4.74 Å². The normalized spacial score (nSPS) is 14.6. The molecule has 174 valence electrons. The summed E-state index contributed by atoms with van der Waals surface area (Å²) < 4.78 is 6.05. The van der Waals surface area contributed by atoms with Crippen molar-refractivity contribution >= 4 is 17.2 Å². The van der Waals surface area contributed by atoms with Crippen LogP contribution in [-0.4, -0.2) is 67.0 Å². The molecule has 1 amide bonds. The highest BCUT2D eigenvalue weighted by atomic mass is 32.1. The number of rotatable bonds is 9. The summed E-state index contributed by atoms with van der Waals surface area (Å²) in [6, 6.07) is 20.5. The van der Waals surface area contributed by atoms with E-state index in [2.05, 4.69) is 52.6 Å². The van der Waals surface area contributed by atoms with Crippen molar-refractivity contribution in [1.82, 2.24) is 14.7 Å². The van der Waals surface area contributed by atoms with Crippen molar-refractivity contribution in [2.45, 2.75) is 20.0 Å². The van der Waals surface area contributed by atoms with Crippen LogP contribution in [0.5, 0.6) is 5.75 Å². The van der Waals surface area contributed by atoms with E-state index in [0.29, 0.717) is 6.61 Å². The summed E-state index contributed by atoms with van der Waals surface area (Å²) in [4.78, 5) is 20.7. The van der Waals surface area contributed by atoms with Gasteiger partial charge in [0, 0.05) is 56.3 Å². The maximum absolute atomic E-state index is 12.7. The van der Waals surface area contributed by atoms with Crippen molar-refractivity contribution in [2.24, 2.45) is 0 Å². The Balaban J connectivity index is 1.18. The van der Waals surface area contributed by atoms with Gasteiger partial charge in [-0.1, -0.05) is 35.9 Å². The van der Waals surface area contributed by atoms with Gasteiger partial charge in [-0.05, 0) is 55.2 Å². The zero-order valence-corrected chi connectivity index (χ0v) is 20.4. The van der Waals surface area contributed by atoms with Crippen LogP contribution in [0.4, 0.5) is 0 Å². The lowest BCUT2D eigenvalue weighted by Gasteiger charge is -2.34. The SMILES string of the molecule is Cc1ccc(C(=O)N2CCN(CCOc3cccc(CN(C)Cc4cccs4)c3)CC2)cc1. The standard InChI is InChI=1S/C27H33N3O2S/c1-22-8-10-24(11-9-22)27(31)30-14-12-29(13-15-30)16-17-32-25-6-3-5-23(19-25)20-28(2)21-26-7-4-18-33-26/h3-11,18-19H,12-17,20-21H2,1-2H3. The number of nitrogens with zero attached hydrogens (tertiary/aromatic N) is 3.